The van der Waals surface area contributed by atoms with E-state index in [-0.39, 0.29) is 0 Å². The Morgan fingerprint density at radius 1 is 1.24 bits per heavy atom. The largest absolute Gasteiger partial charge is 0.309 e. The van der Waals surface area contributed by atoms with E-state index in [0.717, 1.165) is 19.4 Å². The van der Waals surface area contributed by atoms with Crippen LogP contribution in [0.15, 0.2) is 42.6 Å². The maximum absolute atomic E-state index is 4.67. The van der Waals surface area contributed by atoms with E-state index in [1.54, 1.807) is 0 Å². The van der Waals surface area contributed by atoms with Crippen molar-refractivity contribution in [2.45, 2.75) is 45.1 Å². The number of aromatic nitrogens is 1. The van der Waals surface area contributed by atoms with Crippen LogP contribution in [0, 0.1) is 6.92 Å². The number of aryl methyl sites for hydroxylation is 2. The molecule has 110 valence electrons. The molecule has 0 bridgehead atoms. The molecule has 3 rings (SSSR count). The van der Waals surface area contributed by atoms with Crippen LogP contribution in [-0.2, 0) is 6.42 Å². The summed E-state index contributed by atoms with van der Waals surface area (Å²) in [5.41, 5.74) is 5.43. The minimum absolute atomic E-state index is 0.377. The number of fused-ring (bicyclic) bond motifs is 1. The minimum atomic E-state index is 0.377. The second-order valence-electron chi connectivity index (χ2n) is 6.04. The fraction of sp³-hybridized carbons (Fsp3) is 0.421. The molecule has 1 N–H and O–H groups in total. The molecule has 0 saturated heterocycles. The van der Waals surface area contributed by atoms with E-state index in [1.165, 1.54) is 28.8 Å². The van der Waals surface area contributed by atoms with Crippen molar-refractivity contribution in [1.29, 1.82) is 0 Å². The fourth-order valence-electron chi connectivity index (χ4n) is 3.33. The highest BCUT2D eigenvalue weighted by Gasteiger charge is 2.31. The van der Waals surface area contributed by atoms with Gasteiger partial charge in [-0.25, -0.2) is 0 Å². The second-order valence-corrected chi connectivity index (χ2v) is 6.04. The van der Waals surface area contributed by atoms with E-state index in [9.17, 15) is 0 Å². The number of pyridine rings is 1. The molecule has 2 atom stereocenters. The van der Waals surface area contributed by atoms with Gasteiger partial charge in [-0.15, -0.1) is 0 Å². The molecule has 1 aromatic carbocycles. The van der Waals surface area contributed by atoms with Gasteiger partial charge in [0.25, 0.3) is 0 Å². The molecule has 1 aliphatic carbocycles. The van der Waals surface area contributed by atoms with Gasteiger partial charge < -0.3 is 5.32 Å². The van der Waals surface area contributed by atoms with E-state index in [2.05, 4.69) is 60.5 Å². The summed E-state index contributed by atoms with van der Waals surface area (Å²) >= 11 is 0. The van der Waals surface area contributed by atoms with Gasteiger partial charge in [0.1, 0.15) is 0 Å². The van der Waals surface area contributed by atoms with Crippen LogP contribution in [0.3, 0.4) is 0 Å². The Kier molecular flexibility index (Phi) is 4.35. The quantitative estimate of drug-likeness (QED) is 0.889. The SMILES string of the molecule is CCCNC(c1ccc(C)cc1)C1CCc2cccnc21. The first kappa shape index (κ1) is 14.3. The minimum Gasteiger partial charge on any atom is -0.309 e. The highest BCUT2D eigenvalue weighted by atomic mass is 14.9. The van der Waals surface area contributed by atoms with Crippen molar-refractivity contribution in [1.82, 2.24) is 10.3 Å². The first-order valence-corrected chi connectivity index (χ1v) is 8.03. The van der Waals surface area contributed by atoms with Crippen LogP contribution in [0.5, 0.6) is 0 Å². The van der Waals surface area contributed by atoms with Gasteiger partial charge in [0.15, 0.2) is 0 Å². The zero-order valence-corrected chi connectivity index (χ0v) is 13.0. The third-order valence-corrected chi connectivity index (χ3v) is 4.46. The Bertz CT molecular complexity index is 589. The summed E-state index contributed by atoms with van der Waals surface area (Å²) in [4.78, 5) is 4.67. The van der Waals surface area contributed by atoms with Crippen LogP contribution >= 0.6 is 0 Å². The lowest BCUT2D eigenvalue weighted by molar-refractivity contribution is 0.437. The van der Waals surface area contributed by atoms with Crippen molar-refractivity contribution >= 4 is 0 Å². The number of rotatable bonds is 5. The first-order chi connectivity index (χ1) is 10.3. The van der Waals surface area contributed by atoms with Gasteiger partial charge in [0.05, 0.1) is 0 Å². The first-order valence-electron chi connectivity index (χ1n) is 8.03. The molecule has 0 radical (unpaired) electrons. The lowest BCUT2D eigenvalue weighted by Gasteiger charge is -2.26. The van der Waals surface area contributed by atoms with Gasteiger partial charge in [-0.1, -0.05) is 42.8 Å². The Morgan fingerprint density at radius 3 is 2.81 bits per heavy atom. The summed E-state index contributed by atoms with van der Waals surface area (Å²) in [5, 5.41) is 3.75. The molecule has 2 nitrogen and oxygen atoms in total. The molecule has 0 spiro atoms. The van der Waals surface area contributed by atoms with Crippen molar-refractivity contribution in [3.63, 3.8) is 0 Å². The van der Waals surface area contributed by atoms with Crippen LogP contribution < -0.4 is 5.32 Å². The third-order valence-electron chi connectivity index (χ3n) is 4.46. The van der Waals surface area contributed by atoms with Crippen LogP contribution in [-0.4, -0.2) is 11.5 Å². The highest BCUT2D eigenvalue weighted by Crippen LogP contribution is 2.40. The van der Waals surface area contributed by atoms with Crippen LogP contribution in [0.1, 0.15) is 54.1 Å². The van der Waals surface area contributed by atoms with E-state index in [0.29, 0.717) is 12.0 Å². The van der Waals surface area contributed by atoms with Gasteiger partial charge in [-0.3, -0.25) is 4.98 Å². The molecule has 0 fully saturated rings. The summed E-state index contributed by atoms with van der Waals surface area (Å²) in [7, 11) is 0. The summed E-state index contributed by atoms with van der Waals surface area (Å²) in [5.74, 6) is 0.496. The smallest absolute Gasteiger partial charge is 0.0485 e. The summed E-state index contributed by atoms with van der Waals surface area (Å²) in [6.07, 6.45) is 5.44. The Morgan fingerprint density at radius 2 is 2.05 bits per heavy atom. The molecule has 1 aromatic heterocycles. The Hall–Kier alpha value is -1.67. The monoisotopic (exact) mass is 280 g/mol. The zero-order chi connectivity index (χ0) is 14.7. The van der Waals surface area contributed by atoms with E-state index in [1.807, 2.05) is 6.20 Å². The van der Waals surface area contributed by atoms with Gasteiger partial charge in [0, 0.05) is 23.9 Å². The Labute approximate surface area is 127 Å². The van der Waals surface area contributed by atoms with Crippen molar-refractivity contribution in [2.75, 3.05) is 6.54 Å². The zero-order valence-electron chi connectivity index (χ0n) is 13.0. The standard InChI is InChI=1S/C19H24N2/c1-3-12-20-19(16-8-6-14(2)7-9-16)17-11-10-15-5-4-13-21-18(15)17/h4-9,13,17,19-20H,3,10-12H2,1-2H3. The molecule has 1 heterocycles. The average molecular weight is 280 g/mol. The maximum atomic E-state index is 4.67. The van der Waals surface area contributed by atoms with Crippen molar-refractivity contribution in [3.8, 4) is 0 Å². The van der Waals surface area contributed by atoms with Gasteiger partial charge in [-0.2, -0.15) is 0 Å². The normalized spacial score (nSPS) is 18.5. The number of nitrogens with one attached hydrogen (secondary N) is 1. The predicted molar refractivity (Wildman–Crippen MR) is 87.5 cm³/mol. The van der Waals surface area contributed by atoms with Crippen molar-refractivity contribution in [3.05, 3.63) is 65.0 Å². The molecule has 0 amide bonds. The third kappa shape index (κ3) is 3.01. The van der Waals surface area contributed by atoms with Crippen LogP contribution in [0.4, 0.5) is 0 Å². The summed E-state index contributed by atoms with van der Waals surface area (Å²) in [6, 6.07) is 13.6. The van der Waals surface area contributed by atoms with E-state index < -0.39 is 0 Å². The topological polar surface area (TPSA) is 24.9 Å². The molecule has 0 aliphatic heterocycles. The molecule has 2 unspecified atom stereocenters. The second kappa shape index (κ2) is 6.40. The number of nitrogens with zero attached hydrogens (tertiary/aromatic N) is 1. The van der Waals surface area contributed by atoms with Gasteiger partial charge in [-0.05, 0) is 49.9 Å². The lowest BCUT2D eigenvalue weighted by Crippen LogP contribution is -2.27. The van der Waals surface area contributed by atoms with Crippen molar-refractivity contribution < 1.29 is 0 Å². The predicted octanol–water partition coefficient (Wildman–Crippen LogP) is 4.16. The number of hydrogen-bond acceptors (Lipinski definition) is 2. The molecule has 2 aromatic rings. The average Bonchev–Trinajstić information content (AvgIpc) is 2.93. The summed E-state index contributed by atoms with van der Waals surface area (Å²) < 4.78 is 0. The van der Waals surface area contributed by atoms with Crippen LogP contribution in [0.2, 0.25) is 0 Å². The van der Waals surface area contributed by atoms with E-state index >= 15 is 0 Å². The van der Waals surface area contributed by atoms with Crippen molar-refractivity contribution in [2.24, 2.45) is 0 Å². The molecule has 21 heavy (non-hydrogen) atoms. The highest BCUT2D eigenvalue weighted by molar-refractivity contribution is 5.34. The molecular weight excluding hydrogens is 256 g/mol. The molecule has 0 saturated carbocycles. The maximum Gasteiger partial charge on any atom is 0.0485 e. The Balaban J connectivity index is 1.91. The van der Waals surface area contributed by atoms with E-state index in [4.69, 9.17) is 0 Å². The van der Waals surface area contributed by atoms with Crippen LogP contribution in [0.25, 0.3) is 0 Å². The molecule has 2 heteroatoms. The number of benzene rings is 1. The number of hydrogen-bond donors (Lipinski definition) is 1. The lowest BCUT2D eigenvalue weighted by atomic mass is 9.90. The molecule has 1 aliphatic rings. The summed E-state index contributed by atoms with van der Waals surface area (Å²) in [6.45, 7) is 5.42. The van der Waals surface area contributed by atoms with Gasteiger partial charge >= 0.3 is 0 Å². The fourth-order valence-corrected chi connectivity index (χ4v) is 3.33. The molecular formula is C19H24N2. The van der Waals surface area contributed by atoms with Gasteiger partial charge in [0.2, 0.25) is 0 Å².